The van der Waals surface area contributed by atoms with Crippen molar-refractivity contribution in [2.45, 2.75) is 26.2 Å². The molecular formula is C16H20NSi. The van der Waals surface area contributed by atoms with Crippen LogP contribution in [-0.4, -0.2) is 13.5 Å². The minimum absolute atomic E-state index is 0.435. The predicted octanol–water partition coefficient (Wildman–Crippen LogP) is 3.94. The van der Waals surface area contributed by atoms with Gasteiger partial charge in [0.15, 0.2) is 0 Å². The lowest BCUT2D eigenvalue weighted by Gasteiger charge is -2.25. The molecule has 0 spiro atoms. The highest BCUT2D eigenvalue weighted by Gasteiger charge is 2.11. The van der Waals surface area contributed by atoms with E-state index in [2.05, 4.69) is 78.3 Å². The topological polar surface area (TPSA) is 3.24 Å². The van der Waals surface area contributed by atoms with E-state index in [1.165, 1.54) is 11.1 Å². The molecule has 0 atom stereocenters. The Kier molecular flexibility index (Phi) is 4.73. The largest absolute Gasteiger partial charge is 0.317 e. The first-order valence-electron chi connectivity index (χ1n) is 6.38. The number of benzene rings is 2. The second-order valence-corrected chi connectivity index (χ2v) is 7.30. The summed E-state index contributed by atoms with van der Waals surface area (Å²) in [5.74, 6) is 0. The van der Waals surface area contributed by atoms with Gasteiger partial charge in [0.1, 0.15) is 8.96 Å². The number of rotatable bonds is 5. The molecule has 0 heterocycles. The Bertz CT molecular complexity index is 412. The molecule has 0 amide bonds. The molecule has 0 unspecified atom stereocenters. The summed E-state index contributed by atoms with van der Waals surface area (Å²) in [4.78, 5) is 0. The van der Waals surface area contributed by atoms with Gasteiger partial charge in [0, 0.05) is 13.1 Å². The quantitative estimate of drug-likeness (QED) is 0.731. The molecule has 2 heteroatoms. The second-order valence-electron chi connectivity index (χ2n) is 4.77. The summed E-state index contributed by atoms with van der Waals surface area (Å²) in [6.07, 6.45) is 0. The third-order valence-corrected chi connectivity index (χ3v) is 4.65. The molecule has 2 aromatic rings. The van der Waals surface area contributed by atoms with Gasteiger partial charge >= 0.3 is 0 Å². The van der Waals surface area contributed by atoms with Gasteiger partial charge in [-0.15, -0.1) is 0 Å². The van der Waals surface area contributed by atoms with Crippen LogP contribution in [0, 0.1) is 0 Å². The summed E-state index contributed by atoms with van der Waals surface area (Å²) in [5, 5.41) is 0. The first-order valence-corrected chi connectivity index (χ1v) is 8.83. The molecule has 0 aliphatic carbocycles. The van der Waals surface area contributed by atoms with Gasteiger partial charge in [0.05, 0.1) is 0 Å². The van der Waals surface area contributed by atoms with E-state index in [0.29, 0.717) is 0 Å². The zero-order chi connectivity index (χ0) is 12.8. The van der Waals surface area contributed by atoms with Crippen molar-refractivity contribution in [1.82, 2.24) is 4.57 Å². The van der Waals surface area contributed by atoms with Gasteiger partial charge in [-0.3, -0.25) is 0 Å². The van der Waals surface area contributed by atoms with Crippen molar-refractivity contribution in [3.63, 3.8) is 0 Å². The third kappa shape index (κ3) is 3.83. The van der Waals surface area contributed by atoms with Crippen LogP contribution in [0.4, 0.5) is 0 Å². The molecule has 0 bridgehead atoms. The number of hydrogen-bond donors (Lipinski definition) is 0. The Balaban J connectivity index is 2.05. The van der Waals surface area contributed by atoms with Crippen molar-refractivity contribution in [2.24, 2.45) is 0 Å². The monoisotopic (exact) mass is 254 g/mol. The maximum Gasteiger partial charge on any atom is 0.130 e. The van der Waals surface area contributed by atoms with Crippen molar-refractivity contribution in [2.75, 3.05) is 0 Å². The van der Waals surface area contributed by atoms with Gasteiger partial charge in [-0.25, -0.2) is 0 Å². The van der Waals surface area contributed by atoms with Crippen molar-refractivity contribution in [3.8, 4) is 0 Å². The van der Waals surface area contributed by atoms with Crippen molar-refractivity contribution >= 4 is 8.96 Å². The lowest BCUT2D eigenvalue weighted by atomic mass is 10.2. The van der Waals surface area contributed by atoms with Gasteiger partial charge < -0.3 is 4.57 Å². The zero-order valence-corrected chi connectivity index (χ0v) is 12.1. The molecule has 0 N–H and O–H groups in total. The van der Waals surface area contributed by atoms with Gasteiger partial charge in [-0.05, 0) is 11.1 Å². The zero-order valence-electron chi connectivity index (χ0n) is 11.1. The molecule has 0 saturated heterocycles. The molecule has 0 fully saturated rings. The van der Waals surface area contributed by atoms with Crippen LogP contribution in [0.25, 0.3) is 0 Å². The number of nitrogens with zero attached hydrogens (tertiary/aromatic N) is 1. The highest BCUT2D eigenvalue weighted by molar-refractivity contribution is 6.52. The Morgan fingerprint density at radius 1 is 0.722 bits per heavy atom. The van der Waals surface area contributed by atoms with E-state index in [9.17, 15) is 0 Å². The maximum atomic E-state index is 2.59. The van der Waals surface area contributed by atoms with Crippen LogP contribution in [0.15, 0.2) is 60.7 Å². The molecule has 0 aliphatic rings. The van der Waals surface area contributed by atoms with E-state index in [1.54, 1.807) is 0 Å². The van der Waals surface area contributed by atoms with E-state index in [4.69, 9.17) is 0 Å². The summed E-state index contributed by atoms with van der Waals surface area (Å²) in [6, 6.07) is 21.5. The Labute approximate surface area is 112 Å². The summed E-state index contributed by atoms with van der Waals surface area (Å²) >= 11 is 0. The van der Waals surface area contributed by atoms with Crippen LogP contribution in [0.3, 0.4) is 0 Å². The van der Waals surface area contributed by atoms with Gasteiger partial charge in [-0.1, -0.05) is 73.8 Å². The molecule has 93 valence electrons. The normalized spacial score (nSPS) is 11.1. The first-order chi connectivity index (χ1) is 8.75. The standard InChI is InChI=1S/C16H20NSi/c1-18(2)17(13-15-9-5-3-6-10-15)14-16-11-7-4-8-12-16/h3-12H,13-14H2,1-2H3. The van der Waals surface area contributed by atoms with E-state index >= 15 is 0 Å². The van der Waals surface area contributed by atoms with Crippen molar-refractivity contribution in [3.05, 3.63) is 71.8 Å². The summed E-state index contributed by atoms with van der Waals surface area (Å²) in [6.45, 7) is 6.82. The molecule has 0 saturated carbocycles. The Morgan fingerprint density at radius 3 is 1.44 bits per heavy atom. The average Bonchev–Trinajstić information content (AvgIpc) is 2.40. The highest BCUT2D eigenvalue weighted by atomic mass is 28.3. The van der Waals surface area contributed by atoms with E-state index < -0.39 is 8.96 Å². The molecule has 0 aliphatic heterocycles. The minimum Gasteiger partial charge on any atom is -0.317 e. The summed E-state index contributed by atoms with van der Waals surface area (Å²) in [5.41, 5.74) is 2.80. The molecular weight excluding hydrogens is 234 g/mol. The molecule has 1 radical (unpaired) electrons. The van der Waals surface area contributed by atoms with E-state index in [1.807, 2.05) is 0 Å². The number of hydrogen-bond acceptors (Lipinski definition) is 1. The van der Waals surface area contributed by atoms with Crippen LogP contribution in [0.5, 0.6) is 0 Å². The van der Waals surface area contributed by atoms with E-state index in [0.717, 1.165) is 13.1 Å². The predicted molar refractivity (Wildman–Crippen MR) is 79.6 cm³/mol. The van der Waals surface area contributed by atoms with Crippen LogP contribution in [-0.2, 0) is 13.1 Å². The minimum atomic E-state index is -0.435. The van der Waals surface area contributed by atoms with Crippen LogP contribution in [0.1, 0.15) is 11.1 Å². The highest BCUT2D eigenvalue weighted by Crippen LogP contribution is 2.11. The fourth-order valence-corrected chi connectivity index (χ4v) is 2.98. The fraction of sp³-hybridized carbons (Fsp3) is 0.250. The molecule has 1 nitrogen and oxygen atoms in total. The lowest BCUT2D eigenvalue weighted by molar-refractivity contribution is 0.424. The van der Waals surface area contributed by atoms with Crippen LogP contribution < -0.4 is 0 Å². The van der Waals surface area contributed by atoms with Crippen molar-refractivity contribution in [1.29, 1.82) is 0 Å². The smallest absolute Gasteiger partial charge is 0.130 e. The Hall–Kier alpha value is -1.38. The van der Waals surface area contributed by atoms with Crippen LogP contribution >= 0.6 is 0 Å². The molecule has 0 aromatic heterocycles. The molecule has 2 aromatic carbocycles. The SMILES string of the molecule is C[Si](C)N(Cc1ccccc1)Cc1ccccc1. The lowest BCUT2D eigenvalue weighted by Crippen LogP contribution is -2.33. The Morgan fingerprint density at radius 2 is 1.11 bits per heavy atom. The van der Waals surface area contributed by atoms with Gasteiger partial charge in [0.25, 0.3) is 0 Å². The fourth-order valence-electron chi connectivity index (χ4n) is 1.98. The summed E-state index contributed by atoms with van der Waals surface area (Å²) in [7, 11) is -0.435. The van der Waals surface area contributed by atoms with E-state index in [-0.39, 0.29) is 0 Å². The third-order valence-electron chi connectivity index (χ3n) is 3.06. The molecule has 18 heavy (non-hydrogen) atoms. The van der Waals surface area contributed by atoms with Crippen LogP contribution in [0.2, 0.25) is 13.1 Å². The first kappa shape index (κ1) is 13.1. The van der Waals surface area contributed by atoms with Crippen molar-refractivity contribution < 1.29 is 0 Å². The van der Waals surface area contributed by atoms with Gasteiger partial charge in [0.2, 0.25) is 0 Å². The summed E-state index contributed by atoms with van der Waals surface area (Å²) < 4.78 is 2.59. The average molecular weight is 254 g/mol. The second kappa shape index (κ2) is 6.52. The van der Waals surface area contributed by atoms with Gasteiger partial charge in [-0.2, -0.15) is 0 Å². The maximum absolute atomic E-state index is 2.59. The molecule has 2 rings (SSSR count).